The number of aryl methyl sites for hydroxylation is 1. The van der Waals surface area contributed by atoms with Crippen LogP contribution in [0.5, 0.6) is 0 Å². The van der Waals surface area contributed by atoms with Gasteiger partial charge in [0, 0.05) is 6.42 Å². The molecule has 1 aliphatic carbocycles. The highest BCUT2D eigenvalue weighted by Crippen LogP contribution is 2.36. The number of carbonyl (C=O) groups excluding carboxylic acids is 1. The number of aromatic nitrogens is 3. The molecule has 0 aliphatic heterocycles. The molecule has 0 saturated carbocycles. The number of hydrogen-bond donors (Lipinski definition) is 0. The van der Waals surface area contributed by atoms with E-state index in [1.165, 1.54) is 12.1 Å². The fourth-order valence-electron chi connectivity index (χ4n) is 3.84. The van der Waals surface area contributed by atoms with Gasteiger partial charge in [-0.25, -0.2) is 14.1 Å². The molecular formula is C21H16FN3OS. The molecule has 0 fully saturated rings. The first-order valence-electron chi connectivity index (χ1n) is 8.83. The van der Waals surface area contributed by atoms with Crippen LogP contribution in [0.2, 0.25) is 0 Å². The number of thiazole rings is 1. The molecule has 0 spiro atoms. The topological polar surface area (TPSA) is 47.8 Å². The normalized spacial score (nSPS) is 16.7. The van der Waals surface area contributed by atoms with Crippen molar-refractivity contribution in [1.82, 2.24) is 14.8 Å². The Hall–Kier alpha value is -2.86. The van der Waals surface area contributed by atoms with Crippen LogP contribution in [0.4, 0.5) is 4.39 Å². The zero-order chi connectivity index (χ0) is 18.5. The Bertz CT molecular complexity index is 1140. The summed E-state index contributed by atoms with van der Waals surface area (Å²) in [6, 6.07) is 14.4. The Morgan fingerprint density at radius 2 is 1.89 bits per heavy atom. The molecule has 0 unspecified atom stereocenters. The van der Waals surface area contributed by atoms with Gasteiger partial charge in [-0.2, -0.15) is 5.10 Å². The van der Waals surface area contributed by atoms with Crippen LogP contribution in [0.1, 0.15) is 39.6 Å². The summed E-state index contributed by atoms with van der Waals surface area (Å²) in [5, 5.41) is 5.41. The number of Topliss-reactive ketones (excluding diaryl/α,β-unsaturated/α-hetero) is 1. The van der Waals surface area contributed by atoms with Gasteiger partial charge in [0.2, 0.25) is 5.13 Å². The molecule has 0 saturated heterocycles. The van der Waals surface area contributed by atoms with E-state index in [1.54, 1.807) is 23.5 Å². The molecule has 0 radical (unpaired) electrons. The molecule has 4 nitrogen and oxygen atoms in total. The fourth-order valence-corrected chi connectivity index (χ4v) is 4.78. The van der Waals surface area contributed by atoms with Crippen LogP contribution in [-0.2, 0) is 6.42 Å². The van der Waals surface area contributed by atoms with Gasteiger partial charge in [-0.15, -0.1) is 0 Å². The second kappa shape index (κ2) is 6.09. The maximum atomic E-state index is 13.3. The monoisotopic (exact) mass is 377 g/mol. The molecule has 2 aromatic carbocycles. The van der Waals surface area contributed by atoms with E-state index in [4.69, 9.17) is 4.98 Å². The maximum absolute atomic E-state index is 13.3. The first-order chi connectivity index (χ1) is 13.1. The van der Waals surface area contributed by atoms with Crippen LogP contribution >= 0.6 is 11.3 Å². The molecule has 6 heteroatoms. The molecule has 4 aromatic rings. The van der Waals surface area contributed by atoms with Crippen molar-refractivity contribution in [3.05, 3.63) is 76.9 Å². The molecule has 134 valence electrons. The number of benzene rings is 2. The third kappa shape index (κ3) is 2.68. The number of hydrogen-bond acceptors (Lipinski definition) is 4. The van der Waals surface area contributed by atoms with E-state index in [2.05, 4.69) is 5.10 Å². The van der Waals surface area contributed by atoms with Gasteiger partial charge in [0.1, 0.15) is 5.82 Å². The van der Waals surface area contributed by atoms with Crippen molar-refractivity contribution in [2.75, 3.05) is 0 Å². The van der Waals surface area contributed by atoms with Gasteiger partial charge >= 0.3 is 0 Å². The summed E-state index contributed by atoms with van der Waals surface area (Å²) in [6.45, 7) is 1.87. The molecule has 1 aliphatic rings. The Morgan fingerprint density at radius 3 is 2.67 bits per heavy atom. The first-order valence-corrected chi connectivity index (χ1v) is 9.65. The molecule has 0 N–H and O–H groups in total. The van der Waals surface area contributed by atoms with Gasteiger partial charge in [0.25, 0.3) is 0 Å². The average molecular weight is 377 g/mol. The lowest BCUT2D eigenvalue weighted by Crippen LogP contribution is -2.20. The van der Waals surface area contributed by atoms with Gasteiger partial charge < -0.3 is 0 Å². The van der Waals surface area contributed by atoms with Crippen molar-refractivity contribution < 1.29 is 9.18 Å². The van der Waals surface area contributed by atoms with Crippen LogP contribution < -0.4 is 0 Å². The Kier molecular flexibility index (Phi) is 3.68. The summed E-state index contributed by atoms with van der Waals surface area (Å²) in [5.41, 5.74) is 4.26. The van der Waals surface area contributed by atoms with Gasteiger partial charge in [-0.3, -0.25) is 4.79 Å². The Balaban J connectivity index is 1.61. The predicted molar refractivity (Wildman–Crippen MR) is 103 cm³/mol. The number of rotatable bonds is 2. The number of nitrogens with zero attached hydrogens (tertiary/aromatic N) is 3. The van der Waals surface area contributed by atoms with Crippen molar-refractivity contribution in [2.45, 2.75) is 25.7 Å². The lowest BCUT2D eigenvalue weighted by molar-refractivity contribution is 0.0963. The number of halogens is 1. The minimum Gasteiger partial charge on any atom is -0.294 e. The van der Waals surface area contributed by atoms with Gasteiger partial charge in [0.05, 0.1) is 27.2 Å². The Morgan fingerprint density at radius 1 is 1.11 bits per heavy atom. The third-order valence-corrected chi connectivity index (χ3v) is 6.12. The summed E-state index contributed by atoms with van der Waals surface area (Å²) in [7, 11) is 0. The minimum atomic E-state index is -0.267. The molecule has 2 aromatic heterocycles. The standard InChI is InChI=1S/C21H16FN3OS/c1-12-20-17(10-14(11-18(20)26)13-6-8-15(22)9-7-13)25(24-12)21-23-16-4-2-3-5-19(16)27-21/h2-9,14H,10-11H2,1H3/t14-/m1/s1. The van der Waals surface area contributed by atoms with Crippen LogP contribution in [-0.4, -0.2) is 20.5 Å². The highest BCUT2D eigenvalue weighted by atomic mass is 32.1. The van der Waals surface area contributed by atoms with E-state index in [1.807, 2.05) is 35.9 Å². The summed E-state index contributed by atoms with van der Waals surface area (Å²) >= 11 is 1.57. The van der Waals surface area contributed by atoms with Gasteiger partial charge in [0.15, 0.2) is 5.78 Å². The molecule has 0 amide bonds. The first kappa shape index (κ1) is 16.3. The summed E-state index contributed by atoms with van der Waals surface area (Å²) in [4.78, 5) is 17.5. The van der Waals surface area contributed by atoms with Crippen LogP contribution in [0.3, 0.4) is 0 Å². The largest absolute Gasteiger partial charge is 0.294 e. The zero-order valence-corrected chi connectivity index (χ0v) is 15.5. The van der Waals surface area contributed by atoms with Crippen molar-refractivity contribution in [3.8, 4) is 5.13 Å². The SMILES string of the molecule is Cc1nn(-c2nc3ccccc3s2)c2c1C(=O)C[C@H](c1ccc(F)cc1)C2. The quantitative estimate of drug-likeness (QED) is 0.502. The third-order valence-electron chi connectivity index (χ3n) is 5.11. The number of carbonyl (C=O) groups is 1. The highest BCUT2D eigenvalue weighted by molar-refractivity contribution is 7.20. The van der Waals surface area contributed by atoms with E-state index in [-0.39, 0.29) is 17.5 Å². The summed E-state index contributed by atoms with van der Waals surface area (Å²) in [6.07, 6.45) is 1.11. The van der Waals surface area contributed by atoms with E-state index in [9.17, 15) is 9.18 Å². The molecule has 27 heavy (non-hydrogen) atoms. The smallest absolute Gasteiger partial charge is 0.211 e. The average Bonchev–Trinajstić information content (AvgIpc) is 3.23. The van der Waals surface area contributed by atoms with Crippen LogP contribution in [0.25, 0.3) is 15.3 Å². The molecule has 5 rings (SSSR count). The van der Waals surface area contributed by atoms with Crippen LogP contribution in [0, 0.1) is 12.7 Å². The molecular weight excluding hydrogens is 361 g/mol. The molecule has 0 bridgehead atoms. The van der Waals surface area contributed by atoms with E-state index in [0.29, 0.717) is 18.4 Å². The lowest BCUT2D eigenvalue weighted by atomic mass is 9.81. The maximum Gasteiger partial charge on any atom is 0.211 e. The predicted octanol–water partition coefficient (Wildman–Crippen LogP) is 4.84. The Labute approximate surface area is 159 Å². The summed E-state index contributed by atoms with van der Waals surface area (Å²) < 4.78 is 16.2. The molecule has 2 heterocycles. The zero-order valence-electron chi connectivity index (χ0n) is 14.6. The van der Waals surface area contributed by atoms with Gasteiger partial charge in [-0.05, 0) is 49.1 Å². The van der Waals surface area contributed by atoms with E-state index >= 15 is 0 Å². The van der Waals surface area contributed by atoms with Crippen LogP contribution in [0.15, 0.2) is 48.5 Å². The highest BCUT2D eigenvalue weighted by Gasteiger charge is 2.32. The van der Waals surface area contributed by atoms with E-state index in [0.717, 1.165) is 32.3 Å². The number of para-hydroxylation sites is 1. The second-order valence-corrected chi connectivity index (χ2v) is 7.87. The van der Waals surface area contributed by atoms with Crippen molar-refractivity contribution in [1.29, 1.82) is 0 Å². The summed E-state index contributed by atoms with van der Waals surface area (Å²) in [5.74, 6) is -0.151. The number of ketones is 1. The van der Waals surface area contributed by atoms with Crippen molar-refractivity contribution >= 4 is 27.3 Å². The fraction of sp³-hybridized carbons (Fsp3) is 0.190. The molecule has 1 atom stereocenters. The minimum absolute atomic E-state index is 0.0230. The van der Waals surface area contributed by atoms with Crippen molar-refractivity contribution in [3.63, 3.8) is 0 Å². The van der Waals surface area contributed by atoms with Crippen molar-refractivity contribution in [2.24, 2.45) is 0 Å². The van der Waals surface area contributed by atoms with E-state index < -0.39 is 0 Å². The lowest BCUT2D eigenvalue weighted by Gasteiger charge is -2.22. The van der Waals surface area contributed by atoms with Gasteiger partial charge in [-0.1, -0.05) is 35.6 Å². The second-order valence-electron chi connectivity index (χ2n) is 6.86. The number of fused-ring (bicyclic) bond motifs is 2.